The molecule has 0 bridgehead atoms. The number of ether oxygens (including phenoxy) is 2. The molecule has 21 heavy (non-hydrogen) atoms. The topological polar surface area (TPSA) is 55.8 Å². The van der Waals surface area contributed by atoms with Crippen LogP contribution in [0.2, 0.25) is 5.02 Å². The monoisotopic (exact) mass is 306 g/mol. The number of para-hydroxylation sites is 1. The highest BCUT2D eigenvalue weighted by molar-refractivity contribution is 6.30. The number of benzene rings is 2. The van der Waals surface area contributed by atoms with Crippen molar-refractivity contribution in [3.05, 3.63) is 59.1 Å². The molecule has 0 aliphatic heterocycles. The highest BCUT2D eigenvalue weighted by Crippen LogP contribution is 2.23. The Hall–Kier alpha value is -2.20. The third-order valence-corrected chi connectivity index (χ3v) is 3.18. The molecule has 0 saturated heterocycles. The summed E-state index contributed by atoms with van der Waals surface area (Å²) >= 11 is 5.87. The van der Waals surface area contributed by atoms with E-state index in [1.54, 1.807) is 37.4 Å². The van der Waals surface area contributed by atoms with Crippen LogP contribution in [0, 0.1) is 0 Å². The molecule has 0 aromatic heterocycles. The van der Waals surface area contributed by atoms with E-state index in [0.29, 0.717) is 16.5 Å². The number of hydrogen-bond donors (Lipinski definition) is 1. The van der Waals surface area contributed by atoms with E-state index >= 15 is 0 Å². The largest absolute Gasteiger partial charge is 0.496 e. The molecular weight excluding hydrogens is 292 g/mol. The summed E-state index contributed by atoms with van der Waals surface area (Å²) < 4.78 is 10.7. The van der Waals surface area contributed by atoms with Gasteiger partial charge in [0.1, 0.15) is 11.5 Å². The number of halogens is 1. The minimum Gasteiger partial charge on any atom is -0.496 e. The maximum Gasteiger partial charge on any atom is 0.345 e. The van der Waals surface area contributed by atoms with E-state index in [0.717, 1.165) is 5.56 Å². The van der Waals surface area contributed by atoms with Crippen LogP contribution in [0.4, 0.5) is 0 Å². The number of carbonyl (C=O) groups is 1. The van der Waals surface area contributed by atoms with E-state index in [-0.39, 0.29) is 6.42 Å². The number of rotatable bonds is 6. The van der Waals surface area contributed by atoms with Crippen LogP contribution in [0.25, 0.3) is 0 Å². The molecule has 2 rings (SSSR count). The fourth-order valence-electron chi connectivity index (χ4n) is 1.96. The zero-order valence-electron chi connectivity index (χ0n) is 11.5. The van der Waals surface area contributed by atoms with Crippen LogP contribution >= 0.6 is 11.6 Å². The summed E-state index contributed by atoms with van der Waals surface area (Å²) in [6, 6.07) is 13.9. The Morgan fingerprint density at radius 2 is 2.00 bits per heavy atom. The van der Waals surface area contributed by atoms with Crippen molar-refractivity contribution >= 4 is 17.6 Å². The van der Waals surface area contributed by atoms with E-state index in [2.05, 4.69) is 0 Å². The molecule has 0 amide bonds. The fourth-order valence-corrected chi connectivity index (χ4v) is 2.14. The van der Waals surface area contributed by atoms with Gasteiger partial charge in [0.25, 0.3) is 0 Å². The van der Waals surface area contributed by atoms with Crippen molar-refractivity contribution in [1.29, 1.82) is 0 Å². The number of hydrogen-bond acceptors (Lipinski definition) is 3. The number of carboxylic acid groups (broad SMARTS) is 1. The quantitative estimate of drug-likeness (QED) is 0.888. The van der Waals surface area contributed by atoms with Gasteiger partial charge >= 0.3 is 5.97 Å². The Kier molecular flexibility index (Phi) is 5.06. The second-order valence-electron chi connectivity index (χ2n) is 4.42. The van der Waals surface area contributed by atoms with Crippen molar-refractivity contribution in [2.24, 2.45) is 0 Å². The molecule has 0 fully saturated rings. The lowest BCUT2D eigenvalue weighted by Crippen LogP contribution is -2.29. The molecule has 0 saturated carbocycles. The predicted octanol–water partition coefficient (Wildman–Crippen LogP) is 3.42. The molecule has 1 N–H and O–H groups in total. The van der Waals surface area contributed by atoms with Gasteiger partial charge in [-0.1, -0.05) is 35.9 Å². The predicted molar refractivity (Wildman–Crippen MR) is 80.2 cm³/mol. The molecule has 0 aliphatic rings. The van der Waals surface area contributed by atoms with Crippen LogP contribution in [0.15, 0.2) is 48.5 Å². The Balaban J connectivity index is 2.18. The maximum absolute atomic E-state index is 11.4. The standard InChI is InChI=1S/C16H15ClO4/c1-20-14-8-3-2-5-11(14)9-15(16(18)19)21-13-7-4-6-12(17)10-13/h2-8,10,15H,9H2,1H3,(H,18,19). The lowest BCUT2D eigenvalue weighted by Gasteiger charge is -2.17. The molecule has 0 heterocycles. The second-order valence-corrected chi connectivity index (χ2v) is 4.85. The van der Waals surface area contributed by atoms with E-state index in [4.69, 9.17) is 21.1 Å². The fraction of sp³-hybridized carbons (Fsp3) is 0.188. The maximum atomic E-state index is 11.4. The summed E-state index contributed by atoms with van der Waals surface area (Å²) in [4.78, 5) is 11.4. The van der Waals surface area contributed by atoms with Gasteiger partial charge in [-0.3, -0.25) is 0 Å². The van der Waals surface area contributed by atoms with Crippen LogP contribution in [-0.4, -0.2) is 24.3 Å². The van der Waals surface area contributed by atoms with Crippen LogP contribution in [0.1, 0.15) is 5.56 Å². The molecule has 0 spiro atoms. The summed E-state index contributed by atoms with van der Waals surface area (Å²) in [5, 5.41) is 9.82. The van der Waals surface area contributed by atoms with Gasteiger partial charge < -0.3 is 14.6 Å². The van der Waals surface area contributed by atoms with Crippen LogP contribution in [0.3, 0.4) is 0 Å². The lowest BCUT2D eigenvalue weighted by molar-refractivity contribution is -0.145. The van der Waals surface area contributed by atoms with E-state index in [9.17, 15) is 9.90 Å². The van der Waals surface area contributed by atoms with E-state index in [1.165, 1.54) is 0 Å². The van der Waals surface area contributed by atoms with E-state index in [1.807, 2.05) is 18.2 Å². The first-order valence-corrected chi connectivity index (χ1v) is 6.75. The van der Waals surface area contributed by atoms with Crippen molar-refractivity contribution in [1.82, 2.24) is 0 Å². The van der Waals surface area contributed by atoms with Gasteiger partial charge in [0, 0.05) is 11.4 Å². The second kappa shape index (κ2) is 6.99. The van der Waals surface area contributed by atoms with Crippen molar-refractivity contribution < 1.29 is 19.4 Å². The molecule has 2 aromatic carbocycles. The van der Waals surface area contributed by atoms with Crippen molar-refractivity contribution in [3.63, 3.8) is 0 Å². The highest BCUT2D eigenvalue weighted by Gasteiger charge is 2.21. The van der Waals surface area contributed by atoms with Crippen molar-refractivity contribution in [2.45, 2.75) is 12.5 Å². The zero-order valence-corrected chi connectivity index (χ0v) is 12.2. The van der Waals surface area contributed by atoms with Crippen LogP contribution in [-0.2, 0) is 11.2 Å². The number of carboxylic acids is 1. The van der Waals surface area contributed by atoms with Gasteiger partial charge in [0.05, 0.1) is 7.11 Å². The molecule has 1 unspecified atom stereocenters. The third kappa shape index (κ3) is 4.13. The average molecular weight is 307 g/mol. The summed E-state index contributed by atoms with van der Waals surface area (Å²) in [5.41, 5.74) is 0.773. The first kappa shape index (κ1) is 15.2. The minimum atomic E-state index is -1.04. The molecule has 2 aromatic rings. The molecule has 1 atom stereocenters. The smallest absolute Gasteiger partial charge is 0.345 e. The van der Waals surface area contributed by atoms with Crippen LogP contribution in [0.5, 0.6) is 11.5 Å². The first-order chi connectivity index (χ1) is 10.1. The van der Waals surface area contributed by atoms with Gasteiger partial charge in [0.2, 0.25) is 0 Å². The highest BCUT2D eigenvalue weighted by atomic mass is 35.5. The molecule has 5 heteroatoms. The van der Waals surface area contributed by atoms with Crippen LogP contribution < -0.4 is 9.47 Å². The Morgan fingerprint density at radius 1 is 1.24 bits per heavy atom. The number of aliphatic carboxylic acids is 1. The molecule has 4 nitrogen and oxygen atoms in total. The summed E-state index contributed by atoms with van der Waals surface area (Å²) in [6.07, 6.45) is -0.814. The average Bonchev–Trinajstić information content (AvgIpc) is 2.47. The van der Waals surface area contributed by atoms with Gasteiger partial charge in [-0.05, 0) is 29.8 Å². The molecule has 0 radical (unpaired) electrons. The summed E-state index contributed by atoms with van der Waals surface area (Å²) in [7, 11) is 1.55. The van der Waals surface area contributed by atoms with E-state index < -0.39 is 12.1 Å². The Labute approximate surface area is 127 Å². The summed E-state index contributed by atoms with van der Waals surface area (Å²) in [5.74, 6) is 0.0177. The molecular formula is C16H15ClO4. The van der Waals surface area contributed by atoms with Crippen molar-refractivity contribution in [2.75, 3.05) is 7.11 Å². The zero-order chi connectivity index (χ0) is 15.2. The van der Waals surface area contributed by atoms with Gasteiger partial charge in [-0.25, -0.2) is 4.79 Å². The van der Waals surface area contributed by atoms with Gasteiger partial charge in [-0.15, -0.1) is 0 Å². The first-order valence-electron chi connectivity index (χ1n) is 6.37. The Bertz CT molecular complexity index is 627. The SMILES string of the molecule is COc1ccccc1CC(Oc1cccc(Cl)c1)C(=O)O. The lowest BCUT2D eigenvalue weighted by atomic mass is 10.1. The van der Waals surface area contributed by atoms with Crippen molar-refractivity contribution in [3.8, 4) is 11.5 Å². The van der Waals surface area contributed by atoms with Gasteiger partial charge in [0.15, 0.2) is 6.10 Å². The summed E-state index contributed by atoms with van der Waals surface area (Å²) in [6.45, 7) is 0. The Morgan fingerprint density at radius 3 is 2.67 bits per heavy atom. The van der Waals surface area contributed by atoms with Gasteiger partial charge in [-0.2, -0.15) is 0 Å². The molecule has 110 valence electrons. The normalized spacial score (nSPS) is 11.7. The third-order valence-electron chi connectivity index (χ3n) is 2.95. The number of methoxy groups -OCH3 is 1. The minimum absolute atomic E-state index is 0.200. The molecule has 0 aliphatic carbocycles.